The Hall–Kier alpha value is -3.18. The molecule has 2 aromatic heterocycles. The third kappa shape index (κ3) is 4.94. The van der Waals surface area contributed by atoms with Crippen LogP contribution in [0.25, 0.3) is 11.0 Å². The van der Waals surface area contributed by atoms with Gasteiger partial charge in [0.2, 0.25) is 0 Å². The second-order valence-corrected chi connectivity index (χ2v) is 8.09. The van der Waals surface area contributed by atoms with Crippen LogP contribution in [0, 0.1) is 0 Å². The van der Waals surface area contributed by atoms with E-state index >= 15 is 0 Å². The van der Waals surface area contributed by atoms with Gasteiger partial charge in [0.25, 0.3) is 0 Å². The number of fused-ring (bicyclic) bond motifs is 1. The van der Waals surface area contributed by atoms with Gasteiger partial charge >= 0.3 is 0 Å². The molecule has 0 saturated heterocycles. The molecule has 0 bridgehead atoms. The Bertz CT molecular complexity index is 1130. The number of hydrogen-bond donors (Lipinski definition) is 2. The molecule has 0 saturated carbocycles. The summed E-state index contributed by atoms with van der Waals surface area (Å²) in [4.78, 5) is 9.56. The first-order valence-corrected chi connectivity index (χ1v) is 11.1. The van der Waals surface area contributed by atoms with Crippen molar-refractivity contribution in [2.24, 2.45) is 5.73 Å². The summed E-state index contributed by atoms with van der Waals surface area (Å²) in [6, 6.07) is 21.2. The van der Waals surface area contributed by atoms with Crippen molar-refractivity contribution in [2.75, 3.05) is 5.73 Å². The molecule has 4 N–H and O–H groups in total. The van der Waals surface area contributed by atoms with Gasteiger partial charge in [0, 0.05) is 25.2 Å². The monoisotopic (exact) mass is 413 g/mol. The number of rotatable bonds is 9. The molecule has 0 spiro atoms. The summed E-state index contributed by atoms with van der Waals surface area (Å²) in [5.41, 5.74) is 18.7. The van der Waals surface area contributed by atoms with E-state index in [1.54, 1.807) is 0 Å². The molecule has 0 radical (unpaired) electrons. The molecular formula is C26H31N5. The number of anilines is 1. The fourth-order valence-corrected chi connectivity index (χ4v) is 3.96. The predicted molar refractivity (Wildman–Crippen MR) is 128 cm³/mol. The van der Waals surface area contributed by atoms with Crippen molar-refractivity contribution < 1.29 is 0 Å². The van der Waals surface area contributed by atoms with Crippen molar-refractivity contribution in [3.05, 3.63) is 88.9 Å². The van der Waals surface area contributed by atoms with Crippen LogP contribution in [0.1, 0.15) is 48.0 Å². The average molecular weight is 414 g/mol. The van der Waals surface area contributed by atoms with Gasteiger partial charge < -0.3 is 16.0 Å². The Balaban J connectivity index is 1.65. The highest BCUT2D eigenvalue weighted by Gasteiger charge is 2.15. The van der Waals surface area contributed by atoms with Crippen LogP contribution in [-0.2, 0) is 32.4 Å². The highest BCUT2D eigenvalue weighted by atomic mass is 15.1. The molecule has 0 fully saturated rings. The second kappa shape index (κ2) is 9.75. The van der Waals surface area contributed by atoms with Gasteiger partial charge in [0.05, 0.1) is 5.52 Å². The molecule has 0 amide bonds. The molecule has 31 heavy (non-hydrogen) atoms. The molecule has 4 rings (SSSR count). The van der Waals surface area contributed by atoms with E-state index in [-0.39, 0.29) is 0 Å². The summed E-state index contributed by atoms with van der Waals surface area (Å²) in [7, 11) is 0. The predicted octanol–water partition coefficient (Wildman–Crippen LogP) is 4.65. The average Bonchev–Trinajstić information content (AvgIpc) is 3.15. The minimum atomic E-state index is 0.524. The largest absolute Gasteiger partial charge is 0.382 e. The molecule has 160 valence electrons. The van der Waals surface area contributed by atoms with Gasteiger partial charge in [0.1, 0.15) is 11.3 Å². The summed E-state index contributed by atoms with van der Waals surface area (Å²) in [5.74, 6) is 1.61. The lowest BCUT2D eigenvalue weighted by atomic mass is 10.1. The molecule has 5 heteroatoms. The van der Waals surface area contributed by atoms with Crippen LogP contribution < -0.4 is 11.5 Å². The summed E-state index contributed by atoms with van der Waals surface area (Å²) in [6.07, 6.45) is 4.94. The Morgan fingerprint density at radius 2 is 1.58 bits per heavy atom. The molecule has 2 heterocycles. The number of nitrogens with zero attached hydrogens (tertiary/aromatic N) is 3. The van der Waals surface area contributed by atoms with Crippen molar-refractivity contribution in [2.45, 2.75) is 52.1 Å². The van der Waals surface area contributed by atoms with Crippen molar-refractivity contribution in [1.29, 1.82) is 0 Å². The number of nitrogens with two attached hydrogens (primary N) is 2. The number of unbranched alkanes of at least 4 members (excludes halogenated alkanes) is 1. The quantitative estimate of drug-likeness (QED) is 0.418. The normalized spacial score (nSPS) is 11.3. The number of benzene rings is 2. The molecule has 0 unspecified atom stereocenters. The molecule has 0 aliphatic heterocycles. The van der Waals surface area contributed by atoms with Crippen LogP contribution in [0.2, 0.25) is 0 Å². The molecule has 4 aromatic rings. The lowest BCUT2D eigenvalue weighted by molar-refractivity contribution is 0.689. The molecule has 2 aromatic carbocycles. The minimum absolute atomic E-state index is 0.524. The number of aryl methyl sites for hydroxylation is 3. The third-order valence-electron chi connectivity index (χ3n) is 5.76. The fourth-order valence-electron chi connectivity index (χ4n) is 3.96. The zero-order chi connectivity index (χ0) is 21.6. The van der Waals surface area contributed by atoms with Crippen molar-refractivity contribution in [1.82, 2.24) is 14.5 Å². The highest BCUT2D eigenvalue weighted by Crippen LogP contribution is 2.25. The highest BCUT2D eigenvalue weighted by molar-refractivity contribution is 5.86. The van der Waals surface area contributed by atoms with Crippen LogP contribution in [0.4, 0.5) is 5.82 Å². The van der Waals surface area contributed by atoms with Gasteiger partial charge in [-0.2, -0.15) is 0 Å². The number of hydrogen-bond acceptors (Lipinski definition) is 4. The van der Waals surface area contributed by atoms with Crippen LogP contribution in [-0.4, -0.2) is 14.5 Å². The number of pyridine rings is 1. The van der Waals surface area contributed by atoms with Crippen LogP contribution in [0.3, 0.4) is 0 Å². The van der Waals surface area contributed by atoms with Crippen molar-refractivity contribution in [3.8, 4) is 0 Å². The molecule has 0 aliphatic carbocycles. The summed E-state index contributed by atoms with van der Waals surface area (Å²) >= 11 is 0. The summed E-state index contributed by atoms with van der Waals surface area (Å²) < 4.78 is 2.32. The number of nitrogen functional groups attached to an aromatic ring is 1. The van der Waals surface area contributed by atoms with Gasteiger partial charge in [-0.1, -0.05) is 67.9 Å². The Morgan fingerprint density at radius 1 is 0.839 bits per heavy atom. The minimum Gasteiger partial charge on any atom is -0.382 e. The maximum absolute atomic E-state index is 6.37. The van der Waals surface area contributed by atoms with E-state index in [0.29, 0.717) is 12.4 Å². The first-order valence-electron chi connectivity index (χ1n) is 11.1. The van der Waals surface area contributed by atoms with Gasteiger partial charge in [0.15, 0.2) is 5.82 Å². The second-order valence-electron chi connectivity index (χ2n) is 8.09. The molecular weight excluding hydrogens is 382 g/mol. The molecule has 5 nitrogen and oxygen atoms in total. The van der Waals surface area contributed by atoms with E-state index in [1.807, 2.05) is 6.07 Å². The first kappa shape index (κ1) is 21.1. The number of imidazole rings is 1. The van der Waals surface area contributed by atoms with Gasteiger partial charge in [-0.05, 0) is 42.0 Å². The van der Waals surface area contributed by atoms with Gasteiger partial charge in [-0.15, -0.1) is 0 Å². The summed E-state index contributed by atoms with van der Waals surface area (Å²) in [6.45, 7) is 3.57. The van der Waals surface area contributed by atoms with Gasteiger partial charge in [-0.25, -0.2) is 9.97 Å². The third-order valence-corrected chi connectivity index (χ3v) is 5.76. The van der Waals surface area contributed by atoms with Crippen LogP contribution >= 0.6 is 0 Å². The van der Waals surface area contributed by atoms with Crippen LogP contribution in [0.5, 0.6) is 0 Å². The fraction of sp³-hybridized carbons (Fsp3) is 0.308. The van der Waals surface area contributed by atoms with E-state index in [1.165, 1.54) is 11.1 Å². The Morgan fingerprint density at radius 3 is 2.29 bits per heavy atom. The van der Waals surface area contributed by atoms with E-state index < -0.39 is 0 Å². The maximum Gasteiger partial charge on any atom is 0.151 e. The Labute approximate surface area is 184 Å². The number of aromatic nitrogens is 3. The standard InChI is InChI=1S/C26H31N5/c1-2-3-9-24-30-25-23(31(24)18-21-7-5-4-6-8-21)16-22(29-26(25)28)15-14-19-10-12-20(17-27)13-11-19/h4-8,10-13,16H,2-3,9,14-15,17-18,27H2,1H3,(H2,28,29). The molecule has 0 atom stereocenters. The van der Waals surface area contributed by atoms with Gasteiger partial charge in [-0.3, -0.25) is 0 Å². The molecule has 0 aliphatic rings. The summed E-state index contributed by atoms with van der Waals surface area (Å²) in [5, 5.41) is 0. The smallest absolute Gasteiger partial charge is 0.151 e. The first-order chi connectivity index (χ1) is 15.2. The SMILES string of the molecule is CCCCc1nc2c(N)nc(CCc3ccc(CN)cc3)cc2n1Cc1ccccc1. The maximum atomic E-state index is 6.37. The zero-order valence-electron chi connectivity index (χ0n) is 18.2. The van der Waals surface area contributed by atoms with E-state index in [4.69, 9.17) is 16.5 Å². The van der Waals surface area contributed by atoms with Crippen molar-refractivity contribution >= 4 is 16.9 Å². The zero-order valence-corrected chi connectivity index (χ0v) is 18.2. The van der Waals surface area contributed by atoms with Crippen molar-refractivity contribution in [3.63, 3.8) is 0 Å². The van der Waals surface area contributed by atoms with E-state index in [0.717, 1.165) is 66.8 Å². The van der Waals surface area contributed by atoms with E-state index in [9.17, 15) is 0 Å². The van der Waals surface area contributed by atoms with Crippen LogP contribution in [0.15, 0.2) is 60.7 Å². The Kier molecular flexibility index (Phi) is 6.63. The lowest BCUT2D eigenvalue weighted by Crippen LogP contribution is -2.06. The van der Waals surface area contributed by atoms with E-state index in [2.05, 4.69) is 71.1 Å². The lowest BCUT2D eigenvalue weighted by Gasteiger charge is -2.10. The topological polar surface area (TPSA) is 82.8 Å².